The third-order valence-corrected chi connectivity index (χ3v) is 19.5. The number of nitriles is 1. The van der Waals surface area contributed by atoms with Crippen molar-refractivity contribution in [2.24, 2.45) is 0 Å². The molecule has 13 nitrogen and oxygen atoms in total. The van der Waals surface area contributed by atoms with Gasteiger partial charge in [-0.15, -0.1) is 11.3 Å². The van der Waals surface area contributed by atoms with E-state index in [2.05, 4.69) is 97.3 Å². The molecule has 2 N–H and O–H groups in total. The van der Waals surface area contributed by atoms with Crippen LogP contribution in [0.1, 0.15) is 88.6 Å². The highest BCUT2D eigenvalue weighted by molar-refractivity contribution is 7.16. The van der Waals surface area contributed by atoms with Crippen LogP contribution >= 0.6 is 11.3 Å². The fourth-order valence-corrected chi connectivity index (χ4v) is 16.4. The maximum atomic E-state index is 14.8. The van der Waals surface area contributed by atoms with E-state index >= 15 is 0 Å². The zero-order valence-electron chi connectivity index (χ0n) is 35.6. The fourth-order valence-electron chi connectivity index (χ4n) is 10.4. The Morgan fingerprint density at radius 3 is 2.43 bits per heavy atom. The van der Waals surface area contributed by atoms with E-state index in [1.165, 1.54) is 21.7 Å². The maximum absolute atomic E-state index is 14.8. The normalized spacial score (nSPS) is 25.8. The third-order valence-electron chi connectivity index (χ3n) is 13.2. The Morgan fingerprint density at radius 2 is 1.72 bits per heavy atom. The average molecular weight is 864 g/mol. The summed E-state index contributed by atoms with van der Waals surface area (Å²) in [6, 6.07) is 23.6. The summed E-state index contributed by atoms with van der Waals surface area (Å²) in [5.41, 5.74) is 5.69. The Labute approximate surface area is 361 Å². The molecule has 3 aliphatic heterocycles. The molecule has 1 aliphatic carbocycles. The molecule has 3 fully saturated rings. The van der Waals surface area contributed by atoms with Gasteiger partial charge in [0.1, 0.15) is 23.8 Å². The van der Waals surface area contributed by atoms with Gasteiger partial charge in [-0.2, -0.15) is 25.2 Å². The number of hydrogen-bond acceptors (Lipinski definition) is 14. The molecule has 9 rings (SSSR count). The number of ether oxygens (including phenoxy) is 2. The standard InChI is InChI=1S/C45H54FN9O4SSi/c1-42(2,3)61(31-14-8-6-9-15-31,32-16-10-7-11-17-32)59-43(4)27-54(22-23-56-28-43)40-50-37(51-41(52-40)57-29-45-20-13-21-55(45)26-30(46)24-45)38-49-39(58-53-38)44(5)19-12-18-34-35(44)33(25-47)36(48)60-34/h6-11,14-17,30H,12-13,18-24,26-29,48H2,1-5H3/t30-,43?,44+,45+/m1/s1. The summed E-state index contributed by atoms with van der Waals surface area (Å²) in [6.45, 7) is 14.1. The van der Waals surface area contributed by atoms with Gasteiger partial charge in [-0.25, -0.2) is 4.39 Å². The number of benzene rings is 2. The Bertz CT molecular complexity index is 2390. The lowest BCUT2D eigenvalue weighted by atomic mass is 9.72. The number of fused-ring (bicyclic) bond motifs is 2. The van der Waals surface area contributed by atoms with Gasteiger partial charge in [0.15, 0.2) is 0 Å². The minimum atomic E-state index is -3.01. The molecule has 0 radical (unpaired) electrons. The van der Waals surface area contributed by atoms with Gasteiger partial charge < -0.3 is 29.1 Å². The van der Waals surface area contributed by atoms with Gasteiger partial charge in [0.25, 0.3) is 8.32 Å². The predicted octanol–water partition coefficient (Wildman–Crippen LogP) is 6.21. The average Bonchev–Trinajstić information content (AvgIpc) is 4.01. The van der Waals surface area contributed by atoms with Crippen molar-refractivity contribution in [1.29, 1.82) is 5.26 Å². The highest BCUT2D eigenvalue weighted by atomic mass is 32.1. The number of aryl methyl sites for hydroxylation is 1. The van der Waals surface area contributed by atoms with E-state index in [1.54, 1.807) is 0 Å². The van der Waals surface area contributed by atoms with Crippen molar-refractivity contribution in [1.82, 2.24) is 30.0 Å². The lowest BCUT2D eigenvalue weighted by Crippen LogP contribution is -2.70. The second kappa shape index (κ2) is 15.8. The highest BCUT2D eigenvalue weighted by Crippen LogP contribution is 2.49. The molecule has 4 aliphatic rings. The number of nitrogens with two attached hydrogens (primary N) is 1. The molecule has 0 bridgehead atoms. The van der Waals surface area contributed by atoms with Crippen LogP contribution in [-0.4, -0.2) is 102 Å². The van der Waals surface area contributed by atoms with Crippen LogP contribution < -0.4 is 25.7 Å². The molecule has 5 aromatic rings. The molecule has 4 atom stereocenters. The maximum Gasteiger partial charge on any atom is 0.321 e. The lowest BCUT2D eigenvalue weighted by molar-refractivity contribution is -0.000399. The smallest absolute Gasteiger partial charge is 0.321 e. The zero-order valence-corrected chi connectivity index (χ0v) is 37.4. The molecule has 0 spiro atoms. The Balaban J connectivity index is 1.10. The van der Waals surface area contributed by atoms with E-state index in [4.69, 9.17) is 44.1 Å². The molecular weight excluding hydrogens is 810 g/mol. The third kappa shape index (κ3) is 7.41. The fraction of sp³-hybridized carbons (Fsp3) is 0.511. The Hall–Kier alpha value is -4.79. The molecule has 3 aromatic heterocycles. The number of anilines is 2. The van der Waals surface area contributed by atoms with Crippen molar-refractivity contribution in [3.8, 4) is 23.7 Å². The molecule has 0 saturated carbocycles. The number of nitrogen functional groups attached to an aromatic ring is 1. The number of hydrogen-bond donors (Lipinski definition) is 1. The van der Waals surface area contributed by atoms with Gasteiger partial charge in [0.05, 0.1) is 41.9 Å². The Kier molecular flexibility index (Phi) is 10.8. The van der Waals surface area contributed by atoms with Gasteiger partial charge >= 0.3 is 6.01 Å². The molecule has 2 aromatic carbocycles. The molecule has 16 heteroatoms. The van der Waals surface area contributed by atoms with E-state index in [0.29, 0.717) is 68.1 Å². The van der Waals surface area contributed by atoms with Gasteiger partial charge in [0.2, 0.25) is 23.5 Å². The first-order valence-corrected chi connectivity index (χ1v) is 24.1. The molecule has 1 unspecified atom stereocenters. The number of aromatic nitrogens is 5. The number of thiophene rings is 1. The topological polar surface area (TPSA) is 162 Å². The zero-order chi connectivity index (χ0) is 42.6. The molecule has 3 saturated heterocycles. The van der Waals surface area contributed by atoms with Crippen molar-refractivity contribution in [3.05, 3.63) is 82.6 Å². The van der Waals surface area contributed by atoms with Crippen LogP contribution in [0.3, 0.4) is 0 Å². The molecule has 6 heterocycles. The van der Waals surface area contributed by atoms with Crippen LogP contribution in [0, 0.1) is 11.3 Å². The largest absolute Gasteiger partial charge is 0.461 e. The predicted molar refractivity (Wildman–Crippen MR) is 235 cm³/mol. The van der Waals surface area contributed by atoms with Crippen molar-refractivity contribution in [3.63, 3.8) is 0 Å². The first-order chi connectivity index (χ1) is 29.3. The van der Waals surface area contributed by atoms with Crippen LogP contribution in [0.4, 0.5) is 15.3 Å². The second-order valence-corrected chi connectivity index (χ2v) is 24.0. The van der Waals surface area contributed by atoms with E-state index in [0.717, 1.165) is 42.7 Å². The summed E-state index contributed by atoms with van der Waals surface area (Å²) >= 11 is 1.45. The molecule has 61 heavy (non-hydrogen) atoms. The summed E-state index contributed by atoms with van der Waals surface area (Å²) in [6.07, 6.45) is 3.74. The summed E-state index contributed by atoms with van der Waals surface area (Å²) in [5, 5.41) is 17.1. The molecule has 0 amide bonds. The van der Waals surface area contributed by atoms with Crippen molar-refractivity contribution in [2.45, 2.75) is 101 Å². The van der Waals surface area contributed by atoms with Gasteiger partial charge in [-0.3, -0.25) is 4.90 Å². The van der Waals surface area contributed by atoms with E-state index < -0.39 is 31.0 Å². The number of halogens is 1. The number of alkyl halides is 1. The monoisotopic (exact) mass is 863 g/mol. The van der Waals surface area contributed by atoms with Crippen molar-refractivity contribution >= 4 is 41.0 Å². The quantitative estimate of drug-likeness (QED) is 0.158. The summed E-state index contributed by atoms with van der Waals surface area (Å²) in [5.74, 6) is 1.06. The van der Waals surface area contributed by atoms with Crippen molar-refractivity contribution < 1.29 is 22.8 Å². The first kappa shape index (κ1) is 41.6. The van der Waals surface area contributed by atoms with Gasteiger partial charge in [-0.1, -0.05) is 86.6 Å². The molecule has 320 valence electrons. The minimum Gasteiger partial charge on any atom is -0.461 e. The molecular formula is C45H54FN9O4SSi. The SMILES string of the molecule is CC1(O[Si](c2ccccc2)(c2ccccc2)C(C)(C)C)COCCN(c2nc(OC[C@@]34CCCN3C[C@H](F)C4)nc(-c3noc([C@@]4(C)CCCc5sc(N)c(C#N)c54)n3)n2)C1. The van der Waals surface area contributed by atoms with E-state index in [9.17, 15) is 9.65 Å². The van der Waals surface area contributed by atoms with Crippen LogP contribution in [0.15, 0.2) is 65.2 Å². The Morgan fingerprint density at radius 1 is 0.984 bits per heavy atom. The summed E-state index contributed by atoms with van der Waals surface area (Å²) < 4.78 is 41.5. The lowest BCUT2D eigenvalue weighted by Gasteiger charge is -2.48. The highest BCUT2D eigenvalue weighted by Gasteiger charge is 2.55. The van der Waals surface area contributed by atoms with Crippen LogP contribution in [-0.2, 0) is 21.0 Å². The first-order valence-electron chi connectivity index (χ1n) is 21.3. The minimum absolute atomic E-state index is 0.0955. The van der Waals surface area contributed by atoms with Crippen LogP contribution in [0.2, 0.25) is 5.04 Å². The van der Waals surface area contributed by atoms with E-state index in [1.807, 2.05) is 19.1 Å². The summed E-state index contributed by atoms with van der Waals surface area (Å²) in [7, 11) is -3.01. The van der Waals surface area contributed by atoms with Crippen molar-refractivity contribution in [2.75, 3.05) is 56.6 Å². The van der Waals surface area contributed by atoms with Gasteiger partial charge in [0, 0.05) is 30.0 Å². The van der Waals surface area contributed by atoms with E-state index in [-0.39, 0.29) is 29.3 Å². The summed E-state index contributed by atoms with van der Waals surface area (Å²) in [4.78, 5) is 25.0. The van der Waals surface area contributed by atoms with Gasteiger partial charge in [-0.05, 0) is 67.9 Å². The second-order valence-electron chi connectivity index (χ2n) is 18.7. The van der Waals surface area contributed by atoms with Crippen LogP contribution in [0.25, 0.3) is 11.6 Å². The number of rotatable bonds is 10. The number of nitrogens with zero attached hydrogens (tertiary/aromatic N) is 8. The van der Waals surface area contributed by atoms with Crippen LogP contribution in [0.5, 0.6) is 6.01 Å².